The van der Waals surface area contributed by atoms with Crippen LogP contribution in [0.2, 0.25) is 71.0 Å². The van der Waals surface area contributed by atoms with E-state index in [1.54, 1.807) is 0 Å². The second-order valence-corrected chi connectivity index (χ2v) is 59.7. The zero-order chi connectivity index (χ0) is 68.7. The first kappa shape index (κ1) is 82.8. The van der Waals surface area contributed by atoms with E-state index < -0.39 is 144 Å². The summed E-state index contributed by atoms with van der Waals surface area (Å²) < 4.78 is 149. The van der Waals surface area contributed by atoms with Crippen LogP contribution in [0, 0.1) is 0 Å². The molecule has 0 spiro atoms. The van der Waals surface area contributed by atoms with Gasteiger partial charge in [0.1, 0.15) is 75.4 Å². The van der Waals surface area contributed by atoms with Crippen molar-refractivity contribution >= 4 is 64.4 Å². The van der Waals surface area contributed by atoms with Gasteiger partial charge in [0.25, 0.3) is 0 Å². The lowest BCUT2D eigenvalue weighted by Crippen LogP contribution is -2.54. The monoisotopic (exact) mass is 1410 g/mol. The molecule has 4 saturated heterocycles. The molecular formula is C62H131NO18P4Si4. The molecule has 0 saturated carbocycles. The van der Waals surface area contributed by atoms with Crippen LogP contribution in [0.5, 0.6) is 0 Å². The molecule has 4 heterocycles. The average Bonchev–Trinajstić information content (AvgIpc) is 1.87. The van der Waals surface area contributed by atoms with Crippen molar-refractivity contribution in [1.82, 2.24) is 4.67 Å². The van der Waals surface area contributed by atoms with Crippen LogP contribution >= 0.6 is 31.1 Å². The molecule has 0 N–H and O–H groups in total. The topological polar surface area (TPSA) is 193 Å². The summed E-state index contributed by atoms with van der Waals surface area (Å²) in [5.74, 6) is 0. The molecule has 0 aromatic rings. The summed E-state index contributed by atoms with van der Waals surface area (Å²) in [6.45, 7) is 70.4. The molecule has 19 nitrogen and oxygen atoms in total. The van der Waals surface area contributed by atoms with Crippen molar-refractivity contribution in [1.29, 1.82) is 0 Å². The van der Waals surface area contributed by atoms with Crippen molar-refractivity contribution < 1.29 is 82.0 Å². The van der Waals surface area contributed by atoms with E-state index in [-0.39, 0.29) is 65.3 Å². The predicted octanol–water partition coefficient (Wildman–Crippen LogP) is 17.4. The highest BCUT2D eigenvalue weighted by Gasteiger charge is 2.58. The van der Waals surface area contributed by atoms with Crippen molar-refractivity contribution in [3.05, 3.63) is 0 Å². The lowest BCUT2D eigenvalue weighted by molar-refractivity contribution is -0.0303. The van der Waals surface area contributed by atoms with Crippen LogP contribution in [0.25, 0.3) is 0 Å². The van der Waals surface area contributed by atoms with Crippen LogP contribution in [-0.4, -0.2) is 194 Å². The Hall–Kier alpha value is 1.35. The Labute approximate surface area is 547 Å². The molecule has 20 atom stereocenters. The van der Waals surface area contributed by atoms with Crippen molar-refractivity contribution in [3.8, 4) is 0 Å². The molecule has 0 radical (unpaired) electrons. The first-order valence-corrected chi connectivity index (χ1v) is 51.8. The van der Waals surface area contributed by atoms with E-state index in [4.69, 9.17) is 68.3 Å². The van der Waals surface area contributed by atoms with Gasteiger partial charge >= 0.3 is 22.8 Å². The Morgan fingerprint density at radius 2 is 0.674 bits per heavy atom. The minimum absolute atomic E-state index is 0.0851. The van der Waals surface area contributed by atoms with E-state index in [0.717, 1.165) is 0 Å². The fourth-order valence-electron chi connectivity index (χ4n) is 12.6. The summed E-state index contributed by atoms with van der Waals surface area (Å²) in [4.78, 5) is 0. The lowest BCUT2D eigenvalue weighted by atomic mass is 10.1. The van der Waals surface area contributed by atoms with E-state index in [2.05, 4.69) is 182 Å². The number of rotatable bonds is 32. The average molecular weight is 1410 g/mol. The maximum absolute atomic E-state index is 15.2. The smallest absolute Gasteiger partial charge is 0.328 e. The molecule has 0 bridgehead atoms. The van der Waals surface area contributed by atoms with E-state index in [1.807, 2.05) is 34.6 Å². The summed E-state index contributed by atoms with van der Waals surface area (Å²) in [5.41, 5.74) is 0.959. The SMILES string of the molecule is CC[C@H]1O[C@@H](C)[C@@H](O[Si](C)(C)C(C)(C)C)C1OP(C)(=O)OC[C@H]1O[C@@H](C)[C@@H](O[Si](C)(C)C(C)(C)C)C1OP(C)(=O)OC[C@H]1O[C@@H](C)[C@@H](O[Si](C)(C)C(C)(C)C)C1OP(C)(=O)OC[C@H]1O[C@@H](C)[C@@H](O[Si](C(C)C)(C(C)C)C(C)C)C1OP(C)N(C(C)C)C(C)C. The van der Waals surface area contributed by atoms with Crippen LogP contribution in [0.15, 0.2) is 0 Å². The second-order valence-electron chi connectivity index (χ2n) is 32.4. The van der Waals surface area contributed by atoms with E-state index in [1.165, 1.54) is 20.0 Å². The van der Waals surface area contributed by atoms with Gasteiger partial charge in [-0.1, -0.05) is 111 Å². The first-order valence-electron chi connectivity index (χ1n) is 33.3. The minimum Gasteiger partial charge on any atom is -0.409 e. The molecular weight excluding hydrogens is 1280 g/mol. The molecule has 4 aliphatic heterocycles. The van der Waals surface area contributed by atoms with Gasteiger partial charge in [-0.05, 0) is 139 Å². The fourth-order valence-corrected chi connectivity index (χ4v) is 27.8. The summed E-state index contributed by atoms with van der Waals surface area (Å²) in [5, 5.41) is -0.500. The molecule has 27 heteroatoms. The highest BCUT2D eigenvalue weighted by molar-refractivity contribution is 7.53. The third kappa shape index (κ3) is 20.7. The molecule has 0 aromatic carbocycles. The van der Waals surface area contributed by atoms with Gasteiger partial charge in [-0.3, -0.25) is 31.9 Å². The molecule has 4 rings (SSSR count). The minimum atomic E-state index is -4.09. The molecule has 0 amide bonds. The third-order valence-electron chi connectivity index (χ3n) is 20.3. The molecule has 89 heavy (non-hydrogen) atoms. The van der Waals surface area contributed by atoms with Gasteiger partial charge in [-0.25, -0.2) is 0 Å². The molecule has 4 fully saturated rings. The van der Waals surface area contributed by atoms with Crippen LogP contribution < -0.4 is 0 Å². The van der Waals surface area contributed by atoms with Crippen molar-refractivity contribution in [2.24, 2.45) is 0 Å². The molecule has 0 aromatic heterocycles. The predicted molar refractivity (Wildman–Crippen MR) is 373 cm³/mol. The highest BCUT2D eigenvalue weighted by Crippen LogP contribution is 2.57. The van der Waals surface area contributed by atoms with Crippen molar-refractivity contribution in [2.75, 3.05) is 46.5 Å². The second kappa shape index (κ2) is 31.3. The van der Waals surface area contributed by atoms with Crippen LogP contribution in [0.3, 0.4) is 0 Å². The Kier molecular flexibility index (Phi) is 29.1. The highest BCUT2D eigenvalue weighted by atomic mass is 31.2. The maximum Gasteiger partial charge on any atom is 0.328 e. The van der Waals surface area contributed by atoms with E-state index in [9.17, 15) is 4.57 Å². The summed E-state index contributed by atoms with van der Waals surface area (Å²) >= 11 is 0. The summed E-state index contributed by atoms with van der Waals surface area (Å²) in [7, 11) is -22.9. The molecule has 528 valence electrons. The molecule has 8 unspecified atom stereocenters. The van der Waals surface area contributed by atoms with Gasteiger partial charge in [0, 0.05) is 32.1 Å². The maximum atomic E-state index is 15.2. The van der Waals surface area contributed by atoms with Crippen molar-refractivity contribution in [2.45, 2.75) is 353 Å². The number of hydrogen-bond acceptors (Lipinski definition) is 19. The van der Waals surface area contributed by atoms with Crippen LogP contribution in [-0.2, 0) is 82.0 Å². The number of nitrogens with zero attached hydrogens (tertiary/aromatic N) is 1. The largest absolute Gasteiger partial charge is 0.409 e. The number of hydrogen-bond donors (Lipinski definition) is 0. The van der Waals surface area contributed by atoms with Gasteiger partial charge in [-0.15, -0.1) is 0 Å². The third-order valence-corrected chi connectivity index (χ3v) is 45.7. The normalized spacial score (nSPS) is 33.2. The van der Waals surface area contributed by atoms with E-state index >= 15 is 9.13 Å². The van der Waals surface area contributed by atoms with E-state index in [0.29, 0.717) is 23.0 Å². The van der Waals surface area contributed by atoms with Gasteiger partial charge in [0.05, 0.1) is 50.3 Å². The quantitative estimate of drug-likeness (QED) is 0.0455. The van der Waals surface area contributed by atoms with Gasteiger partial charge in [-0.2, -0.15) is 0 Å². The lowest BCUT2D eigenvalue weighted by Gasteiger charge is -2.46. The van der Waals surface area contributed by atoms with Gasteiger partial charge in [0.15, 0.2) is 25.0 Å². The molecule has 0 aliphatic carbocycles. The standard InChI is InChI=1S/C62H131NO18P4Si4/c1-35-48-57(53(45(13)70-48)78-86(29,30)60(16,17)18)75-83(26,64)68-37-50-59(55(47(15)72-50)80-88(33,34)62(22,23)24)77-85(28,66)69-38-51-58(54(46(14)73-51)79-87(31,32)61(19,20)21)76-84(27,65)67-36-49-56(74-82(25)63(39(2)3)40(4)5)52(44(12)71-49)81-89(41(6)7,42(8)9)43(10)11/h39-59H,35-38H2,1-34H3/t44-,45-,46-,47-,48+,49+,50+,51+,52+,53+,54+,55+,56?,57?,58?,59?,82?,83?,84?,85?/m0/s1. The van der Waals surface area contributed by atoms with Gasteiger partial charge < -0.3 is 54.7 Å². The van der Waals surface area contributed by atoms with Crippen LogP contribution in [0.4, 0.5) is 0 Å². The fraction of sp³-hybridized carbons (Fsp3) is 1.00. The summed E-state index contributed by atoms with van der Waals surface area (Å²) in [6, 6.07) is 0.443. The summed E-state index contributed by atoms with van der Waals surface area (Å²) in [6.07, 6.45) is -9.47. The zero-order valence-corrected chi connectivity index (χ0v) is 69.6. The van der Waals surface area contributed by atoms with Crippen LogP contribution in [0.1, 0.15) is 173 Å². The molecule has 4 aliphatic rings. The van der Waals surface area contributed by atoms with Gasteiger partial charge in [0.2, 0.25) is 8.32 Å². The van der Waals surface area contributed by atoms with Crippen molar-refractivity contribution in [3.63, 3.8) is 0 Å². The Morgan fingerprint density at radius 3 is 0.921 bits per heavy atom. The first-order chi connectivity index (χ1) is 40.1. The Balaban J connectivity index is 1.67. The zero-order valence-electron chi connectivity index (χ0n) is 62.0. The Morgan fingerprint density at radius 1 is 0.427 bits per heavy atom. The Bertz CT molecular complexity index is 2360. The number of ether oxygens (including phenoxy) is 4.